The molecule has 160 valence electrons. The van der Waals surface area contributed by atoms with E-state index in [2.05, 4.69) is 9.84 Å². The van der Waals surface area contributed by atoms with Crippen molar-refractivity contribution >= 4 is 27.5 Å². The van der Waals surface area contributed by atoms with Gasteiger partial charge >= 0.3 is 12.3 Å². The van der Waals surface area contributed by atoms with E-state index in [9.17, 15) is 26.4 Å². The van der Waals surface area contributed by atoms with Crippen molar-refractivity contribution in [3.05, 3.63) is 60.2 Å². The number of halogens is 3. The number of nitrogens with one attached hydrogen (secondary N) is 1. The summed E-state index contributed by atoms with van der Waals surface area (Å²) in [4.78, 5) is 11.2. The zero-order valence-electron chi connectivity index (χ0n) is 15.8. The average Bonchev–Trinajstić information content (AvgIpc) is 3.14. The smallest absolute Gasteiger partial charge is 0.431 e. The Hall–Kier alpha value is -3.08. The summed E-state index contributed by atoms with van der Waals surface area (Å²) in [6.45, 7) is 1.52. The molecule has 0 aromatic heterocycles. The largest absolute Gasteiger partial charge is 0.449 e. The fraction of sp³-hybridized carbons (Fsp3) is 0.263. The molecule has 3 rings (SSSR count). The van der Waals surface area contributed by atoms with Crippen molar-refractivity contribution in [2.45, 2.75) is 30.5 Å². The second-order valence-corrected chi connectivity index (χ2v) is 8.02. The van der Waals surface area contributed by atoms with E-state index in [1.807, 2.05) is 0 Å². The number of carbonyl (C=O) groups is 1. The average molecular weight is 441 g/mol. The normalized spacial score (nSPS) is 16.9. The molecule has 0 radical (unpaired) electrons. The molecule has 7 nitrogen and oxygen atoms in total. The van der Waals surface area contributed by atoms with Gasteiger partial charge in [0.05, 0.1) is 23.2 Å². The minimum Gasteiger partial charge on any atom is -0.449 e. The van der Waals surface area contributed by atoms with Gasteiger partial charge in [-0.15, -0.1) is 0 Å². The molecule has 0 saturated carbocycles. The van der Waals surface area contributed by atoms with Crippen LogP contribution in [0.3, 0.4) is 0 Å². The van der Waals surface area contributed by atoms with Gasteiger partial charge in [0, 0.05) is 6.42 Å². The summed E-state index contributed by atoms with van der Waals surface area (Å²) in [5.74, 6) is 0. The molecule has 1 amide bonds. The van der Waals surface area contributed by atoms with Crippen LogP contribution in [-0.2, 0) is 14.8 Å². The van der Waals surface area contributed by atoms with Crippen LogP contribution in [-0.4, -0.2) is 33.0 Å². The van der Waals surface area contributed by atoms with Crippen molar-refractivity contribution in [2.24, 2.45) is 5.10 Å². The van der Waals surface area contributed by atoms with Crippen LogP contribution in [0.15, 0.2) is 64.6 Å². The van der Waals surface area contributed by atoms with E-state index in [-0.39, 0.29) is 23.6 Å². The van der Waals surface area contributed by atoms with E-state index in [1.165, 1.54) is 36.2 Å². The molecule has 1 aliphatic rings. The van der Waals surface area contributed by atoms with Crippen molar-refractivity contribution < 1.29 is 31.1 Å². The summed E-state index contributed by atoms with van der Waals surface area (Å²) in [6.07, 6.45) is -6.03. The lowest BCUT2D eigenvalue weighted by Gasteiger charge is -2.24. The van der Waals surface area contributed by atoms with E-state index in [0.717, 1.165) is 0 Å². The second kappa shape index (κ2) is 8.34. The van der Waals surface area contributed by atoms with Gasteiger partial charge in [0.1, 0.15) is 5.71 Å². The van der Waals surface area contributed by atoms with Gasteiger partial charge in [0.2, 0.25) is 0 Å². The Morgan fingerprint density at radius 2 is 1.80 bits per heavy atom. The third-order valence-corrected chi connectivity index (χ3v) is 5.65. The molecule has 2 aromatic carbocycles. The fourth-order valence-corrected chi connectivity index (χ4v) is 3.85. The van der Waals surface area contributed by atoms with Crippen LogP contribution < -0.4 is 9.73 Å². The van der Waals surface area contributed by atoms with Crippen molar-refractivity contribution in [3.8, 4) is 0 Å². The number of hydrogen-bond acceptors (Lipinski definition) is 6. The lowest BCUT2D eigenvalue weighted by atomic mass is 10.0. The van der Waals surface area contributed by atoms with Gasteiger partial charge in [-0.3, -0.25) is 5.01 Å². The molecule has 1 unspecified atom stereocenters. The summed E-state index contributed by atoms with van der Waals surface area (Å²) in [5, 5.41) is 4.95. The highest BCUT2D eigenvalue weighted by atomic mass is 32.2. The van der Waals surface area contributed by atoms with Crippen LogP contribution in [0.2, 0.25) is 0 Å². The standard InChI is InChI=1S/C19H18F3N3O4S/c1-2-29-18(26)24-30(27,28)15-10-8-14(9-11-15)25-16(13-6-4-3-5-7-13)12-17(23-25)19(20,21)22/h3-11,16H,2,12H2,1H3,(H,24,26). The first-order valence-electron chi connectivity index (χ1n) is 8.90. The Morgan fingerprint density at radius 1 is 1.17 bits per heavy atom. The van der Waals surface area contributed by atoms with E-state index in [1.54, 1.807) is 35.1 Å². The van der Waals surface area contributed by atoms with Gasteiger partial charge < -0.3 is 4.74 Å². The number of hydrogen-bond donors (Lipinski definition) is 1. The maximum atomic E-state index is 13.3. The van der Waals surface area contributed by atoms with Crippen LogP contribution >= 0.6 is 0 Å². The SMILES string of the molecule is CCOC(=O)NS(=O)(=O)c1ccc(N2N=C(C(F)(F)F)CC2c2ccccc2)cc1. The lowest BCUT2D eigenvalue weighted by Crippen LogP contribution is -2.31. The van der Waals surface area contributed by atoms with Crippen LogP contribution in [0, 0.1) is 0 Å². The molecule has 0 spiro atoms. The summed E-state index contributed by atoms with van der Waals surface area (Å²) in [5.41, 5.74) is -0.00334. The van der Waals surface area contributed by atoms with Gasteiger partial charge in [0.25, 0.3) is 10.0 Å². The lowest BCUT2D eigenvalue weighted by molar-refractivity contribution is -0.0600. The number of carbonyl (C=O) groups excluding carboxylic acids is 1. The first-order valence-corrected chi connectivity index (χ1v) is 10.4. The molecule has 1 atom stereocenters. The van der Waals surface area contributed by atoms with Crippen LogP contribution in [0.4, 0.5) is 23.7 Å². The maximum absolute atomic E-state index is 13.3. The molecular formula is C19H18F3N3O4S. The molecule has 0 saturated heterocycles. The third kappa shape index (κ3) is 4.73. The summed E-state index contributed by atoms with van der Waals surface area (Å²) in [7, 11) is -4.18. The molecule has 0 fully saturated rings. The molecule has 1 heterocycles. The molecular weight excluding hydrogens is 423 g/mol. The molecule has 30 heavy (non-hydrogen) atoms. The van der Waals surface area contributed by atoms with Crippen molar-refractivity contribution in [2.75, 3.05) is 11.6 Å². The Balaban J connectivity index is 1.90. The highest BCUT2D eigenvalue weighted by molar-refractivity contribution is 7.90. The first kappa shape index (κ1) is 21.6. The van der Waals surface area contributed by atoms with E-state index >= 15 is 0 Å². The fourth-order valence-electron chi connectivity index (χ4n) is 2.96. The summed E-state index contributed by atoms with van der Waals surface area (Å²) >= 11 is 0. The van der Waals surface area contributed by atoms with Crippen molar-refractivity contribution in [3.63, 3.8) is 0 Å². The number of ether oxygens (including phenoxy) is 1. The Morgan fingerprint density at radius 3 is 2.37 bits per heavy atom. The number of amides is 1. The van der Waals surface area contributed by atoms with Gasteiger partial charge in [-0.2, -0.15) is 18.3 Å². The monoisotopic (exact) mass is 441 g/mol. The van der Waals surface area contributed by atoms with Gasteiger partial charge in [-0.25, -0.2) is 17.9 Å². The molecule has 0 aliphatic carbocycles. The van der Waals surface area contributed by atoms with Crippen molar-refractivity contribution in [1.29, 1.82) is 0 Å². The Bertz CT molecular complexity index is 1040. The number of benzene rings is 2. The minimum absolute atomic E-state index is 0.00430. The predicted molar refractivity (Wildman–Crippen MR) is 104 cm³/mol. The summed E-state index contributed by atoms with van der Waals surface area (Å²) in [6, 6.07) is 12.9. The molecule has 1 aliphatic heterocycles. The van der Waals surface area contributed by atoms with Crippen LogP contribution in [0.1, 0.15) is 24.9 Å². The zero-order chi connectivity index (χ0) is 21.9. The van der Waals surface area contributed by atoms with Gasteiger partial charge in [-0.1, -0.05) is 30.3 Å². The third-order valence-electron chi connectivity index (χ3n) is 4.33. The highest BCUT2D eigenvalue weighted by Gasteiger charge is 2.43. The number of sulfonamides is 1. The van der Waals surface area contributed by atoms with E-state index in [4.69, 9.17) is 0 Å². The second-order valence-electron chi connectivity index (χ2n) is 6.34. The van der Waals surface area contributed by atoms with Gasteiger partial charge in [0.15, 0.2) is 0 Å². The first-order chi connectivity index (χ1) is 14.1. The number of rotatable bonds is 5. The van der Waals surface area contributed by atoms with E-state index < -0.39 is 34.0 Å². The van der Waals surface area contributed by atoms with Crippen molar-refractivity contribution in [1.82, 2.24) is 4.72 Å². The van der Waals surface area contributed by atoms with Gasteiger partial charge in [-0.05, 0) is 36.8 Å². The minimum atomic E-state index is -4.57. The Labute approximate surface area is 171 Å². The predicted octanol–water partition coefficient (Wildman–Crippen LogP) is 3.99. The number of nitrogens with zero attached hydrogens (tertiary/aromatic N) is 2. The number of alkyl halides is 3. The molecule has 0 bridgehead atoms. The van der Waals surface area contributed by atoms with E-state index in [0.29, 0.717) is 5.56 Å². The molecule has 2 aromatic rings. The number of anilines is 1. The van der Waals surface area contributed by atoms with Crippen LogP contribution in [0.5, 0.6) is 0 Å². The highest BCUT2D eigenvalue weighted by Crippen LogP contribution is 2.39. The zero-order valence-corrected chi connectivity index (χ0v) is 16.6. The quantitative estimate of drug-likeness (QED) is 0.758. The maximum Gasteiger partial charge on any atom is 0.431 e. The topological polar surface area (TPSA) is 88.1 Å². The van der Waals surface area contributed by atoms with Crippen LogP contribution in [0.25, 0.3) is 0 Å². The Kier molecular flexibility index (Phi) is 6.01. The summed E-state index contributed by atoms with van der Waals surface area (Å²) < 4.78 is 70.5. The molecule has 11 heteroatoms. The number of hydrazone groups is 1. The molecule has 1 N–H and O–H groups in total.